The van der Waals surface area contributed by atoms with Crippen molar-refractivity contribution in [3.05, 3.63) is 57.4 Å². The third-order valence-electron chi connectivity index (χ3n) is 2.99. The number of benzene rings is 1. The van der Waals surface area contributed by atoms with Gasteiger partial charge in [-0.25, -0.2) is 0 Å². The fraction of sp³-hybridized carbons (Fsp3) is 0.214. The maximum atomic E-state index is 11.1. The van der Waals surface area contributed by atoms with Gasteiger partial charge in [-0.15, -0.1) is 11.8 Å². The lowest BCUT2D eigenvalue weighted by Gasteiger charge is -2.07. The monoisotopic (exact) mass is 289 g/mol. The van der Waals surface area contributed by atoms with Gasteiger partial charge in [0.1, 0.15) is 0 Å². The normalized spacial score (nSPS) is 10.5. The summed E-state index contributed by atoms with van der Waals surface area (Å²) in [6, 6.07) is 7.54. The smallest absolute Gasteiger partial charge is 0.278 e. The standard InChI is InChI=1S/C14H15N3O2S/c1-9-7-16-13(10(2)14(9)17(18)19)8-20-12-5-3-4-11(15)6-12/h3-7H,8,15H2,1-2H3. The summed E-state index contributed by atoms with van der Waals surface area (Å²) in [5, 5.41) is 11.1. The van der Waals surface area contributed by atoms with Crippen LogP contribution in [0.3, 0.4) is 0 Å². The number of hydrogen-bond donors (Lipinski definition) is 1. The number of aryl methyl sites for hydroxylation is 1. The average Bonchev–Trinajstić information content (AvgIpc) is 2.37. The molecule has 0 spiro atoms. The minimum Gasteiger partial charge on any atom is -0.399 e. The molecule has 1 aromatic heterocycles. The van der Waals surface area contributed by atoms with Crippen LogP contribution in [-0.2, 0) is 5.75 Å². The van der Waals surface area contributed by atoms with Gasteiger partial charge in [-0.05, 0) is 32.0 Å². The molecular formula is C14H15N3O2S. The first-order valence-corrected chi connectivity index (χ1v) is 7.05. The van der Waals surface area contributed by atoms with Crippen LogP contribution in [0.25, 0.3) is 0 Å². The van der Waals surface area contributed by atoms with Gasteiger partial charge in [0, 0.05) is 33.7 Å². The Kier molecular flexibility index (Phi) is 4.24. The molecular weight excluding hydrogens is 274 g/mol. The van der Waals surface area contributed by atoms with Crippen LogP contribution >= 0.6 is 11.8 Å². The number of rotatable bonds is 4. The first-order valence-electron chi connectivity index (χ1n) is 6.07. The number of thioether (sulfide) groups is 1. The molecule has 1 aromatic carbocycles. The van der Waals surface area contributed by atoms with E-state index < -0.39 is 0 Å². The van der Waals surface area contributed by atoms with Crippen LogP contribution in [0.2, 0.25) is 0 Å². The molecule has 0 saturated carbocycles. The van der Waals surface area contributed by atoms with E-state index >= 15 is 0 Å². The van der Waals surface area contributed by atoms with Crippen LogP contribution in [-0.4, -0.2) is 9.91 Å². The molecule has 2 rings (SSSR count). The number of nitrogen functional groups attached to an aromatic ring is 1. The van der Waals surface area contributed by atoms with Gasteiger partial charge in [-0.1, -0.05) is 6.07 Å². The Balaban J connectivity index is 2.22. The van der Waals surface area contributed by atoms with E-state index in [1.165, 1.54) is 0 Å². The highest BCUT2D eigenvalue weighted by molar-refractivity contribution is 7.98. The molecule has 104 valence electrons. The minimum atomic E-state index is -0.346. The zero-order valence-electron chi connectivity index (χ0n) is 11.3. The van der Waals surface area contributed by atoms with Gasteiger partial charge in [0.15, 0.2) is 0 Å². The van der Waals surface area contributed by atoms with Crippen molar-refractivity contribution in [3.8, 4) is 0 Å². The maximum Gasteiger partial charge on any atom is 0.278 e. The Bertz CT molecular complexity index is 659. The second-order valence-corrected chi connectivity index (χ2v) is 5.53. The SMILES string of the molecule is Cc1cnc(CSc2cccc(N)c2)c(C)c1[N+](=O)[O-]. The highest BCUT2D eigenvalue weighted by Gasteiger charge is 2.18. The first-order chi connectivity index (χ1) is 9.49. The van der Waals surface area contributed by atoms with Crippen LogP contribution in [0, 0.1) is 24.0 Å². The fourth-order valence-corrected chi connectivity index (χ4v) is 2.94. The maximum absolute atomic E-state index is 11.1. The van der Waals surface area contributed by atoms with E-state index in [0.717, 1.165) is 10.6 Å². The van der Waals surface area contributed by atoms with Crippen LogP contribution in [0.15, 0.2) is 35.4 Å². The summed E-state index contributed by atoms with van der Waals surface area (Å²) in [7, 11) is 0. The summed E-state index contributed by atoms with van der Waals surface area (Å²) in [5.41, 5.74) is 8.53. The van der Waals surface area contributed by atoms with Gasteiger partial charge in [0.05, 0.1) is 10.6 Å². The highest BCUT2D eigenvalue weighted by atomic mass is 32.2. The molecule has 0 aliphatic rings. The van der Waals surface area contributed by atoms with Gasteiger partial charge >= 0.3 is 0 Å². The fourth-order valence-electron chi connectivity index (χ4n) is 1.95. The van der Waals surface area contributed by atoms with Crippen LogP contribution in [0.4, 0.5) is 11.4 Å². The Morgan fingerprint density at radius 3 is 2.80 bits per heavy atom. The van der Waals surface area contributed by atoms with E-state index in [4.69, 9.17) is 5.73 Å². The lowest BCUT2D eigenvalue weighted by molar-refractivity contribution is -0.386. The quantitative estimate of drug-likeness (QED) is 0.403. The summed E-state index contributed by atoms with van der Waals surface area (Å²) >= 11 is 1.56. The van der Waals surface area contributed by atoms with E-state index in [1.807, 2.05) is 24.3 Å². The molecule has 6 heteroatoms. The Morgan fingerprint density at radius 1 is 1.40 bits per heavy atom. The third-order valence-corrected chi connectivity index (χ3v) is 4.00. The predicted molar refractivity (Wildman–Crippen MR) is 80.8 cm³/mol. The first kappa shape index (κ1) is 14.3. The molecule has 0 atom stereocenters. The zero-order valence-corrected chi connectivity index (χ0v) is 12.1. The van der Waals surface area contributed by atoms with Gasteiger partial charge in [-0.2, -0.15) is 0 Å². The molecule has 0 saturated heterocycles. The van der Waals surface area contributed by atoms with Crippen LogP contribution < -0.4 is 5.73 Å². The average molecular weight is 289 g/mol. The number of nitrogens with zero attached hydrogens (tertiary/aromatic N) is 2. The van der Waals surface area contributed by atoms with E-state index in [0.29, 0.717) is 22.6 Å². The van der Waals surface area contributed by atoms with E-state index in [1.54, 1.807) is 31.8 Å². The van der Waals surface area contributed by atoms with E-state index in [2.05, 4.69) is 4.98 Å². The summed E-state index contributed by atoms with van der Waals surface area (Å²) < 4.78 is 0. The summed E-state index contributed by atoms with van der Waals surface area (Å²) in [4.78, 5) is 16.0. The van der Waals surface area contributed by atoms with Gasteiger partial charge in [0.2, 0.25) is 0 Å². The lowest BCUT2D eigenvalue weighted by atomic mass is 10.1. The summed E-state index contributed by atoms with van der Waals surface area (Å²) in [6.45, 7) is 3.44. The number of hydrogen-bond acceptors (Lipinski definition) is 5. The van der Waals surface area contributed by atoms with E-state index in [9.17, 15) is 10.1 Å². The topological polar surface area (TPSA) is 82.0 Å². The van der Waals surface area contributed by atoms with Gasteiger partial charge in [-0.3, -0.25) is 15.1 Å². The molecule has 0 aliphatic heterocycles. The van der Waals surface area contributed by atoms with Crippen molar-refractivity contribution in [2.45, 2.75) is 24.5 Å². The van der Waals surface area contributed by atoms with Crippen molar-refractivity contribution in [1.82, 2.24) is 4.98 Å². The molecule has 5 nitrogen and oxygen atoms in total. The largest absolute Gasteiger partial charge is 0.399 e. The number of nitrogens with two attached hydrogens (primary N) is 1. The number of nitro groups is 1. The van der Waals surface area contributed by atoms with Crippen molar-refractivity contribution in [1.29, 1.82) is 0 Å². The molecule has 2 aromatic rings. The molecule has 0 aliphatic carbocycles. The number of pyridine rings is 1. The molecule has 0 radical (unpaired) electrons. The lowest BCUT2D eigenvalue weighted by Crippen LogP contribution is -2.01. The molecule has 0 unspecified atom stereocenters. The Hall–Kier alpha value is -2.08. The van der Waals surface area contributed by atoms with Crippen molar-refractivity contribution in [2.24, 2.45) is 0 Å². The summed E-state index contributed by atoms with van der Waals surface area (Å²) in [6.07, 6.45) is 1.56. The second kappa shape index (κ2) is 5.92. The molecule has 0 amide bonds. The van der Waals surface area contributed by atoms with E-state index in [-0.39, 0.29) is 10.6 Å². The molecule has 0 bridgehead atoms. The van der Waals surface area contributed by atoms with Gasteiger partial charge in [0.25, 0.3) is 5.69 Å². The molecule has 2 N–H and O–H groups in total. The molecule has 20 heavy (non-hydrogen) atoms. The number of aromatic nitrogens is 1. The van der Waals surface area contributed by atoms with Crippen LogP contribution in [0.5, 0.6) is 0 Å². The highest BCUT2D eigenvalue weighted by Crippen LogP contribution is 2.29. The van der Waals surface area contributed by atoms with Gasteiger partial charge < -0.3 is 5.73 Å². The van der Waals surface area contributed by atoms with Crippen molar-refractivity contribution >= 4 is 23.1 Å². The Morgan fingerprint density at radius 2 is 2.15 bits per heavy atom. The predicted octanol–water partition coefficient (Wildman–Crippen LogP) is 3.48. The molecule has 0 fully saturated rings. The van der Waals surface area contributed by atoms with Crippen molar-refractivity contribution in [2.75, 3.05) is 5.73 Å². The second-order valence-electron chi connectivity index (χ2n) is 4.48. The van der Waals surface area contributed by atoms with Crippen molar-refractivity contribution < 1.29 is 4.92 Å². The minimum absolute atomic E-state index is 0.156. The Labute approximate surface area is 121 Å². The summed E-state index contributed by atoms with van der Waals surface area (Å²) in [5.74, 6) is 0.580. The van der Waals surface area contributed by atoms with Crippen LogP contribution in [0.1, 0.15) is 16.8 Å². The molecule has 1 heterocycles. The van der Waals surface area contributed by atoms with Crippen molar-refractivity contribution in [3.63, 3.8) is 0 Å². The third kappa shape index (κ3) is 3.08. The number of anilines is 1. The zero-order chi connectivity index (χ0) is 14.7.